The van der Waals surface area contributed by atoms with Gasteiger partial charge in [-0.15, -0.1) is 0 Å². The number of amides is 1. The molecule has 1 fully saturated rings. The summed E-state index contributed by atoms with van der Waals surface area (Å²) in [5, 5.41) is 0. The lowest BCUT2D eigenvalue weighted by Gasteiger charge is -2.18. The zero-order valence-electron chi connectivity index (χ0n) is 9.39. The number of aromatic nitrogens is 1. The van der Waals surface area contributed by atoms with Gasteiger partial charge in [0.15, 0.2) is 0 Å². The van der Waals surface area contributed by atoms with E-state index in [0.717, 1.165) is 10.2 Å². The van der Waals surface area contributed by atoms with Crippen LogP contribution in [0, 0.1) is 5.92 Å². The predicted octanol–water partition coefficient (Wildman–Crippen LogP) is 2.14. The van der Waals surface area contributed by atoms with E-state index in [-0.39, 0.29) is 5.91 Å². The lowest BCUT2D eigenvalue weighted by molar-refractivity contribution is -0.117. The summed E-state index contributed by atoms with van der Waals surface area (Å²) in [5.74, 6) is 1.59. The lowest BCUT2D eigenvalue weighted by Crippen LogP contribution is -2.25. The summed E-state index contributed by atoms with van der Waals surface area (Å²) >= 11 is 7.60. The zero-order chi connectivity index (χ0) is 12.4. The van der Waals surface area contributed by atoms with Gasteiger partial charge in [-0.05, 0) is 33.7 Å². The summed E-state index contributed by atoms with van der Waals surface area (Å²) in [6.07, 6.45) is 2.19. The fourth-order valence-corrected chi connectivity index (χ4v) is 2.47. The second-order valence-electron chi connectivity index (χ2n) is 3.94. The van der Waals surface area contributed by atoms with Gasteiger partial charge in [0.2, 0.25) is 11.8 Å². The largest absolute Gasteiger partial charge is 0.480 e. The Hall–Kier alpha value is -0.750. The molecule has 1 saturated heterocycles. The Morgan fingerprint density at radius 3 is 3.06 bits per heavy atom. The Morgan fingerprint density at radius 1 is 1.71 bits per heavy atom. The van der Waals surface area contributed by atoms with E-state index in [2.05, 4.69) is 33.5 Å². The molecule has 0 spiro atoms. The Morgan fingerprint density at radius 2 is 2.47 bits per heavy atom. The van der Waals surface area contributed by atoms with Crippen LogP contribution >= 0.6 is 28.6 Å². The molecule has 1 atom stereocenters. The first-order valence-electron chi connectivity index (χ1n) is 5.26. The minimum Gasteiger partial charge on any atom is -0.480 e. The van der Waals surface area contributed by atoms with E-state index < -0.39 is 0 Å². The number of carbonyl (C=O) groups excluding carboxylic acids is 1. The molecule has 17 heavy (non-hydrogen) atoms. The smallest absolute Gasteiger partial charge is 0.237 e. The number of hydrogen-bond acceptors (Lipinski definition) is 4. The van der Waals surface area contributed by atoms with Crippen molar-refractivity contribution in [1.82, 2.24) is 4.98 Å². The van der Waals surface area contributed by atoms with Gasteiger partial charge in [-0.25, -0.2) is 4.98 Å². The summed E-state index contributed by atoms with van der Waals surface area (Å²) < 4.78 is 6.01. The highest BCUT2D eigenvalue weighted by Crippen LogP contribution is 2.33. The van der Waals surface area contributed by atoms with Crippen LogP contribution in [0.5, 0.6) is 5.88 Å². The highest BCUT2D eigenvalue weighted by atomic mass is 79.9. The van der Waals surface area contributed by atoms with Gasteiger partial charge in [0.05, 0.1) is 7.11 Å². The third-order valence-corrected chi connectivity index (χ3v) is 3.70. The average Bonchev–Trinajstić information content (AvgIpc) is 2.70. The molecule has 1 unspecified atom stereocenters. The summed E-state index contributed by atoms with van der Waals surface area (Å²) in [5.41, 5.74) is 0.719. The zero-order valence-corrected chi connectivity index (χ0v) is 11.9. The first-order valence-corrected chi connectivity index (χ1v) is 6.69. The minimum atomic E-state index is 0.0993. The van der Waals surface area contributed by atoms with Gasteiger partial charge in [-0.2, -0.15) is 12.6 Å². The third-order valence-electron chi connectivity index (χ3n) is 2.75. The van der Waals surface area contributed by atoms with Crippen molar-refractivity contribution >= 4 is 40.2 Å². The summed E-state index contributed by atoms with van der Waals surface area (Å²) in [7, 11) is 1.55. The maximum atomic E-state index is 11.9. The van der Waals surface area contributed by atoms with Crippen LogP contribution in [-0.4, -0.2) is 30.3 Å². The second-order valence-corrected chi connectivity index (χ2v) is 5.22. The van der Waals surface area contributed by atoms with E-state index in [4.69, 9.17) is 4.74 Å². The maximum Gasteiger partial charge on any atom is 0.237 e. The number of anilines is 1. The van der Waals surface area contributed by atoms with Crippen molar-refractivity contribution in [2.24, 2.45) is 5.92 Å². The molecule has 2 heterocycles. The predicted molar refractivity (Wildman–Crippen MR) is 72.8 cm³/mol. The Balaban J connectivity index is 2.33. The number of hydrogen-bond donors (Lipinski definition) is 1. The van der Waals surface area contributed by atoms with Gasteiger partial charge in [0, 0.05) is 23.6 Å². The van der Waals surface area contributed by atoms with Crippen LogP contribution in [0.1, 0.15) is 6.42 Å². The Bertz CT molecular complexity index is 441. The number of halogens is 1. The van der Waals surface area contributed by atoms with Crippen molar-refractivity contribution in [2.45, 2.75) is 6.42 Å². The monoisotopic (exact) mass is 316 g/mol. The van der Waals surface area contributed by atoms with E-state index in [1.54, 1.807) is 18.2 Å². The second kappa shape index (κ2) is 5.27. The van der Waals surface area contributed by atoms with Crippen molar-refractivity contribution in [1.29, 1.82) is 0 Å². The Labute approximate surface area is 114 Å². The molecule has 1 aromatic heterocycles. The van der Waals surface area contributed by atoms with E-state index in [1.165, 1.54) is 0 Å². The SMILES string of the molecule is COc1ncc(Br)cc1N1CC(CS)CC1=O. The molecule has 6 heteroatoms. The first kappa shape index (κ1) is 12.7. The maximum absolute atomic E-state index is 11.9. The number of thiol groups is 1. The minimum absolute atomic E-state index is 0.0993. The molecule has 1 aliphatic heterocycles. The average molecular weight is 317 g/mol. The summed E-state index contributed by atoms with van der Waals surface area (Å²) in [6.45, 7) is 0.677. The molecule has 0 bridgehead atoms. The fourth-order valence-electron chi connectivity index (χ4n) is 1.90. The van der Waals surface area contributed by atoms with Crippen LogP contribution in [0.4, 0.5) is 5.69 Å². The highest BCUT2D eigenvalue weighted by Gasteiger charge is 2.31. The molecule has 2 rings (SSSR count). The van der Waals surface area contributed by atoms with Crippen molar-refractivity contribution in [3.63, 3.8) is 0 Å². The van der Waals surface area contributed by atoms with Gasteiger partial charge < -0.3 is 9.64 Å². The highest BCUT2D eigenvalue weighted by molar-refractivity contribution is 9.10. The fraction of sp³-hybridized carbons (Fsp3) is 0.455. The van der Waals surface area contributed by atoms with Crippen LogP contribution in [-0.2, 0) is 4.79 Å². The molecule has 1 aromatic rings. The Kier molecular flexibility index (Phi) is 3.93. The van der Waals surface area contributed by atoms with Gasteiger partial charge in [-0.1, -0.05) is 0 Å². The molecule has 0 aliphatic carbocycles. The number of ether oxygens (including phenoxy) is 1. The summed E-state index contributed by atoms with van der Waals surface area (Å²) in [6, 6.07) is 1.85. The van der Waals surface area contributed by atoms with Gasteiger partial charge in [-0.3, -0.25) is 4.79 Å². The van der Waals surface area contributed by atoms with E-state index in [9.17, 15) is 4.79 Å². The van der Waals surface area contributed by atoms with E-state index >= 15 is 0 Å². The molecule has 1 aliphatic rings. The van der Waals surface area contributed by atoms with Gasteiger partial charge in [0.25, 0.3) is 0 Å². The quantitative estimate of drug-likeness (QED) is 0.869. The normalized spacial score (nSPS) is 19.8. The third kappa shape index (κ3) is 2.57. The van der Waals surface area contributed by atoms with Gasteiger partial charge >= 0.3 is 0 Å². The van der Waals surface area contributed by atoms with Crippen LogP contribution in [0.2, 0.25) is 0 Å². The number of rotatable bonds is 3. The molecular formula is C11H13BrN2O2S. The summed E-state index contributed by atoms with van der Waals surface area (Å²) in [4.78, 5) is 17.8. The van der Waals surface area contributed by atoms with Crippen molar-refractivity contribution < 1.29 is 9.53 Å². The standard InChI is InChI=1S/C11H13BrN2O2S/c1-16-11-9(3-8(12)4-13-11)14-5-7(6-17)2-10(14)15/h3-4,7,17H,2,5-6H2,1H3. The molecule has 0 aromatic carbocycles. The molecule has 92 valence electrons. The van der Waals surface area contributed by atoms with Crippen molar-refractivity contribution in [3.8, 4) is 5.88 Å². The van der Waals surface area contributed by atoms with Crippen LogP contribution in [0.15, 0.2) is 16.7 Å². The topological polar surface area (TPSA) is 42.4 Å². The number of carbonyl (C=O) groups is 1. The molecular weight excluding hydrogens is 304 g/mol. The molecule has 0 N–H and O–H groups in total. The van der Waals surface area contributed by atoms with Gasteiger partial charge in [0.1, 0.15) is 5.69 Å². The van der Waals surface area contributed by atoms with Crippen LogP contribution in [0.3, 0.4) is 0 Å². The molecule has 0 radical (unpaired) electrons. The lowest BCUT2D eigenvalue weighted by atomic mass is 10.1. The first-order chi connectivity index (χ1) is 8.15. The van der Waals surface area contributed by atoms with Crippen molar-refractivity contribution in [2.75, 3.05) is 24.3 Å². The molecule has 1 amide bonds. The molecule has 0 saturated carbocycles. The van der Waals surface area contributed by atoms with E-state index in [1.807, 2.05) is 6.07 Å². The van der Waals surface area contributed by atoms with Crippen molar-refractivity contribution in [3.05, 3.63) is 16.7 Å². The number of nitrogens with zero attached hydrogens (tertiary/aromatic N) is 2. The molecule has 4 nitrogen and oxygen atoms in total. The number of methoxy groups -OCH3 is 1. The number of pyridine rings is 1. The van der Waals surface area contributed by atoms with Crippen LogP contribution < -0.4 is 9.64 Å². The van der Waals surface area contributed by atoms with Crippen LogP contribution in [0.25, 0.3) is 0 Å². The van der Waals surface area contributed by atoms with E-state index in [0.29, 0.717) is 30.5 Å².